The molecule has 24 heavy (non-hydrogen) atoms. The van der Waals surface area contributed by atoms with E-state index in [1.54, 1.807) is 0 Å². The number of allylic oxidation sites excluding steroid dienone is 3. The molecule has 0 aliphatic heterocycles. The van der Waals surface area contributed by atoms with Gasteiger partial charge in [-0.3, -0.25) is 0 Å². The zero-order valence-corrected chi connectivity index (χ0v) is 15.4. The minimum Gasteiger partial charge on any atom is -0.377 e. The van der Waals surface area contributed by atoms with Gasteiger partial charge in [-0.05, 0) is 67.9 Å². The van der Waals surface area contributed by atoms with E-state index in [-0.39, 0.29) is 0 Å². The molecule has 0 aromatic heterocycles. The van der Waals surface area contributed by atoms with Gasteiger partial charge in [-0.1, -0.05) is 55.8 Å². The highest BCUT2D eigenvalue weighted by Crippen LogP contribution is 2.36. The molecule has 0 bridgehead atoms. The summed E-state index contributed by atoms with van der Waals surface area (Å²) < 4.78 is 5.71. The van der Waals surface area contributed by atoms with Gasteiger partial charge in [0.15, 0.2) is 0 Å². The largest absolute Gasteiger partial charge is 0.377 e. The number of unbranched alkanes of at least 4 members (excludes halogenated alkanes) is 2. The molecule has 0 radical (unpaired) electrons. The first-order valence-electron chi connectivity index (χ1n) is 9.77. The quantitative estimate of drug-likeness (QED) is 0.339. The summed E-state index contributed by atoms with van der Waals surface area (Å²) in [5, 5.41) is 0. The molecule has 0 spiro atoms. The topological polar surface area (TPSA) is 9.23 Å². The van der Waals surface area contributed by atoms with Crippen LogP contribution in [0.1, 0.15) is 75.3 Å². The molecule has 0 N–H and O–H groups in total. The van der Waals surface area contributed by atoms with E-state index in [1.807, 2.05) is 6.08 Å². The summed E-state index contributed by atoms with van der Waals surface area (Å²) in [7, 11) is 0. The molecule has 1 fully saturated rings. The van der Waals surface area contributed by atoms with Crippen LogP contribution in [0.4, 0.5) is 0 Å². The lowest BCUT2D eigenvalue weighted by atomic mass is 9.78. The number of hydrogen-bond acceptors (Lipinski definition) is 1. The Balaban J connectivity index is 1.72. The van der Waals surface area contributed by atoms with E-state index in [0.717, 1.165) is 37.9 Å². The molecule has 0 heterocycles. The summed E-state index contributed by atoms with van der Waals surface area (Å²) in [5.74, 6) is 1.57. The molecule has 1 saturated carbocycles. The van der Waals surface area contributed by atoms with E-state index in [4.69, 9.17) is 4.74 Å². The maximum absolute atomic E-state index is 5.71. The zero-order chi connectivity index (χ0) is 17.0. The Morgan fingerprint density at radius 2 is 1.83 bits per heavy atom. The van der Waals surface area contributed by atoms with Crippen molar-refractivity contribution in [2.75, 3.05) is 6.61 Å². The van der Waals surface area contributed by atoms with Gasteiger partial charge in [0.25, 0.3) is 0 Å². The monoisotopic (exact) mass is 326 g/mol. The van der Waals surface area contributed by atoms with Crippen LogP contribution in [-0.2, 0) is 11.3 Å². The Bertz CT molecular complexity index is 477. The van der Waals surface area contributed by atoms with Crippen molar-refractivity contribution in [2.45, 2.75) is 70.8 Å². The molecule has 1 heteroatoms. The minimum absolute atomic E-state index is 0.729. The van der Waals surface area contributed by atoms with Crippen LogP contribution < -0.4 is 0 Å². The number of rotatable bonds is 10. The van der Waals surface area contributed by atoms with Gasteiger partial charge >= 0.3 is 0 Å². The number of hydrogen-bond donors (Lipinski definition) is 0. The van der Waals surface area contributed by atoms with Gasteiger partial charge in [0.1, 0.15) is 0 Å². The standard InChI is InChI=1S/C23H34O/c1-3-5-7-9-20-10-14-22(15-11-20)23-16-12-21(13-17-23)19-24-18-8-6-4-2/h4,7,9,12-13,16-17,20,22H,2-3,5-6,8,10-11,14-15,18-19H2,1H3/t20-,22-. The predicted octanol–water partition coefficient (Wildman–Crippen LogP) is 6.80. The molecule has 0 atom stereocenters. The van der Waals surface area contributed by atoms with Crippen LogP contribution in [0, 0.1) is 5.92 Å². The summed E-state index contributed by atoms with van der Waals surface area (Å²) >= 11 is 0. The number of benzene rings is 1. The molecule has 132 valence electrons. The molecular formula is C23H34O. The van der Waals surface area contributed by atoms with Crippen molar-refractivity contribution in [1.82, 2.24) is 0 Å². The van der Waals surface area contributed by atoms with Crippen molar-refractivity contribution in [3.8, 4) is 0 Å². The van der Waals surface area contributed by atoms with Crippen LogP contribution in [0.2, 0.25) is 0 Å². The van der Waals surface area contributed by atoms with Crippen LogP contribution in [0.5, 0.6) is 0 Å². The predicted molar refractivity (Wildman–Crippen MR) is 104 cm³/mol. The normalized spacial score (nSPS) is 21.2. The Morgan fingerprint density at radius 1 is 1.08 bits per heavy atom. The van der Waals surface area contributed by atoms with Crippen LogP contribution in [0.25, 0.3) is 0 Å². The van der Waals surface area contributed by atoms with Crippen LogP contribution >= 0.6 is 0 Å². The van der Waals surface area contributed by atoms with Crippen molar-refractivity contribution in [1.29, 1.82) is 0 Å². The Kier molecular flexibility index (Phi) is 8.91. The highest BCUT2D eigenvalue weighted by molar-refractivity contribution is 5.25. The molecular weight excluding hydrogens is 292 g/mol. The van der Waals surface area contributed by atoms with E-state index < -0.39 is 0 Å². The van der Waals surface area contributed by atoms with Crippen molar-refractivity contribution in [3.63, 3.8) is 0 Å². The van der Waals surface area contributed by atoms with E-state index in [0.29, 0.717) is 0 Å². The third kappa shape index (κ3) is 6.65. The second-order valence-electron chi connectivity index (χ2n) is 7.05. The molecule has 2 rings (SSSR count). The molecule has 0 unspecified atom stereocenters. The van der Waals surface area contributed by atoms with Gasteiger partial charge in [-0.2, -0.15) is 0 Å². The summed E-state index contributed by atoms with van der Waals surface area (Å²) in [6, 6.07) is 9.13. The fourth-order valence-corrected chi connectivity index (χ4v) is 3.51. The van der Waals surface area contributed by atoms with Gasteiger partial charge < -0.3 is 4.74 Å². The second kappa shape index (κ2) is 11.3. The highest BCUT2D eigenvalue weighted by atomic mass is 16.5. The second-order valence-corrected chi connectivity index (χ2v) is 7.05. The van der Waals surface area contributed by atoms with Crippen LogP contribution in [0.3, 0.4) is 0 Å². The first-order chi connectivity index (χ1) is 11.8. The van der Waals surface area contributed by atoms with Gasteiger partial charge in [0, 0.05) is 6.61 Å². The van der Waals surface area contributed by atoms with E-state index >= 15 is 0 Å². The molecule has 1 aromatic rings. The smallest absolute Gasteiger partial charge is 0.0716 e. The highest BCUT2D eigenvalue weighted by Gasteiger charge is 2.20. The summed E-state index contributed by atoms with van der Waals surface area (Å²) in [6.07, 6.45) is 16.8. The Labute approximate surface area is 148 Å². The molecule has 0 amide bonds. The molecule has 0 saturated heterocycles. The zero-order valence-electron chi connectivity index (χ0n) is 15.4. The van der Waals surface area contributed by atoms with Crippen molar-refractivity contribution in [2.24, 2.45) is 5.92 Å². The average molecular weight is 327 g/mol. The summed E-state index contributed by atoms with van der Waals surface area (Å²) in [5.41, 5.74) is 2.80. The fraction of sp³-hybridized carbons (Fsp3) is 0.565. The SMILES string of the molecule is C=CCCCOCc1ccc([C@H]2CC[C@H](C=CCCC)CC2)cc1. The van der Waals surface area contributed by atoms with Gasteiger partial charge in [0.2, 0.25) is 0 Å². The van der Waals surface area contributed by atoms with E-state index in [1.165, 1.54) is 49.7 Å². The van der Waals surface area contributed by atoms with E-state index in [2.05, 4.69) is 49.9 Å². The van der Waals surface area contributed by atoms with E-state index in [9.17, 15) is 0 Å². The first-order valence-corrected chi connectivity index (χ1v) is 9.77. The fourth-order valence-electron chi connectivity index (χ4n) is 3.51. The third-order valence-electron chi connectivity index (χ3n) is 5.05. The van der Waals surface area contributed by atoms with Crippen molar-refractivity contribution < 1.29 is 4.74 Å². The van der Waals surface area contributed by atoms with Gasteiger partial charge in [0.05, 0.1) is 6.61 Å². The lowest BCUT2D eigenvalue weighted by Gasteiger charge is -2.27. The lowest BCUT2D eigenvalue weighted by Crippen LogP contribution is -2.11. The van der Waals surface area contributed by atoms with Gasteiger partial charge in [-0.15, -0.1) is 6.58 Å². The molecule has 1 aromatic carbocycles. The summed E-state index contributed by atoms with van der Waals surface area (Å²) in [4.78, 5) is 0. The minimum atomic E-state index is 0.729. The van der Waals surface area contributed by atoms with Crippen LogP contribution in [0.15, 0.2) is 49.1 Å². The van der Waals surface area contributed by atoms with Crippen molar-refractivity contribution >= 4 is 0 Å². The van der Waals surface area contributed by atoms with Crippen molar-refractivity contribution in [3.05, 3.63) is 60.2 Å². The average Bonchev–Trinajstić information content (AvgIpc) is 2.63. The summed E-state index contributed by atoms with van der Waals surface area (Å²) in [6.45, 7) is 7.53. The molecule has 1 nitrogen and oxygen atoms in total. The van der Waals surface area contributed by atoms with Crippen LogP contribution in [-0.4, -0.2) is 6.61 Å². The first kappa shape index (κ1) is 19.0. The molecule has 1 aliphatic rings. The third-order valence-corrected chi connectivity index (χ3v) is 5.05. The Morgan fingerprint density at radius 3 is 2.50 bits per heavy atom. The lowest BCUT2D eigenvalue weighted by molar-refractivity contribution is 0.119. The van der Waals surface area contributed by atoms with Gasteiger partial charge in [-0.25, -0.2) is 0 Å². The Hall–Kier alpha value is -1.34. The molecule has 1 aliphatic carbocycles. The maximum atomic E-state index is 5.71. The maximum Gasteiger partial charge on any atom is 0.0716 e. The number of ether oxygens (including phenoxy) is 1.